The molecular weight excluding hydrogens is 444 g/mol. The predicted octanol–water partition coefficient (Wildman–Crippen LogP) is 1.24. The third kappa shape index (κ3) is 8.32. The van der Waals surface area contributed by atoms with Crippen LogP contribution in [0.2, 0.25) is 0 Å². The molecule has 0 bridgehead atoms. The standard InChI is InChI=1S/C13H24N2O3.C9H14N4O3/c1-3-4-5-6-7-8-9-15-11(10-18-2)12(16)14-13(15)17;1-2-3-4-13-8(15)5(6(10)11)7(14)12-9(13)16/h11H,3-10H2,1-2H3,(H,14,16,17);15H,2-4H2,1H3,(H3,10,11)(H,12,14,16). The quantitative estimate of drug-likeness (QED) is 0.121. The second kappa shape index (κ2) is 14.9. The van der Waals surface area contributed by atoms with Crippen molar-refractivity contribution in [2.75, 3.05) is 20.3 Å². The largest absolute Gasteiger partial charge is 0.494 e. The van der Waals surface area contributed by atoms with E-state index >= 15 is 0 Å². The number of nitrogens with one attached hydrogen (secondary N) is 3. The monoisotopic (exact) mass is 482 g/mol. The highest BCUT2D eigenvalue weighted by atomic mass is 16.5. The predicted molar refractivity (Wildman–Crippen MR) is 128 cm³/mol. The zero-order chi connectivity index (χ0) is 25.7. The molecule has 1 unspecified atom stereocenters. The molecule has 2 rings (SSSR count). The van der Waals surface area contributed by atoms with Gasteiger partial charge in [0, 0.05) is 20.2 Å². The number of hydrogen-bond acceptors (Lipinski definition) is 7. The smallest absolute Gasteiger partial charge is 0.331 e. The Morgan fingerprint density at radius 1 is 1.03 bits per heavy atom. The fourth-order valence-corrected chi connectivity index (χ4v) is 3.51. The number of H-pyrrole nitrogens is 1. The van der Waals surface area contributed by atoms with Crippen molar-refractivity contribution in [1.82, 2.24) is 19.8 Å². The number of hydrogen-bond donors (Lipinski definition) is 5. The summed E-state index contributed by atoms with van der Waals surface area (Å²) in [5.41, 5.74) is 3.25. The van der Waals surface area contributed by atoms with Crippen molar-refractivity contribution >= 4 is 17.8 Å². The third-order valence-corrected chi connectivity index (χ3v) is 5.42. The number of amidine groups is 1. The van der Waals surface area contributed by atoms with Crippen LogP contribution in [0, 0.1) is 5.41 Å². The first kappa shape index (κ1) is 28.9. The van der Waals surface area contributed by atoms with E-state index < -0.39 is 29.0 Å². The number of unbranched alkanes of at least 4 members (excludes halogenated alkanes) is 6. The normalized spacial score (nSPS) is 15.1. The van der Waals surface area contributed by atoms with Gasteiger partial charge in [-0.05, 0) is 12.8 Å². The Morgan fingerprint density at radius 3 is 2.24 bits per heavy atom. The molecule has 0 aromatic carbocycles. The van der Waals surface area contributed by atoms with Gasteiger partial charge in [-0.2, -0.15) is 0 Å². The van der Waals surface area contributed by atoms with Crippen LogP contribution in [-0.4, -0.2) is 63.6 Å². The number of aromatic nitrogens is 2. The number of aromatic hydroxyl groups is 1. The molecule has 1 fully saturated rings. The van der Waals surface area contributed by atoms with E-state index in [1.165, 1.54) is 25.7 Å². The number of ether oxygens (including phenoxy) is 1. The number of methoxy groups -OCH3 is 1. The van der Waals surface area contributed by atoms with Gasteiger partial charge in [0.05, 0.1) is 6.61 Å². The second-order valence-corrected chi connectivity index (χ2v) is 8.10. The number of carbonyl (C=O) groups is 2. The molecule has 1 aromatic heterocycles. The summed E-state index contributed by atoms with van der Waals surface area (Å²) in [4.78, 5) is 49.3. The van der Waals surface area contributed by atoms with Crippen LogP contribution in [0.15, 0.2) is 9.59 Å². The molecule has 1 aliphatic rings. The topological polar surface area (TPSA) is 184 Å². The average molecular weight is 483 g/mol. The summed E-state index contributed by atoms with van der Waals surface area (Å²) in [6.45, 7) is 5.30. The van der Waals surface area contributed by atoms with E-state index in [1.54, 1.807) is 12.0 Å². The molecule has 2 heterocycles. The van der Waals surface area contributed by atoms with Crippen molar-refractivity contribution in [3.63, 3.8) is 0 Å². The number of aromatic amines is 1. The zero-order valence-electron chi connectivity index (χ0n) is 20.3. The summed E-state index contributed by atoms with van der Waals surface area (Å²) in [6, 6.07) is -0.728. The fourth-order valence-electron chi connectivity index (χ4n) is 3.51. The van der Waals surface area contributed by atoms with Crippen LogP contribution in [-0.2, 0) is 16.1 Å². The molecule has 12 nitrogen and oxygen atoms in total. The van der Waals surface area contributed by atoms with Crippen molar-refractivity contribution in [1.29, 1.82) is 5.41 Å². The molecule has 1 saturated heterocycles. The van der Waals surface area contributed by atoms with Crippen molar-refractivity contribution in [2.24, 2.45) is 5.73 Å². The first-order chi connectivity index (χ1) is 16.2. The highest BCUT2D eigenvalue weighted by Gasteiger charge is 2.37. The summed E-state index contributed by atoms with van der Waals surface area (Å²) in [5, 5.41) is 19.1. The average Bonchev–Trinajstić information content (AvgIpc) is 3.03. The third-order valence-electron chi connectivity index (χ3n) is 5.42. The van der Waals surface area contributed by atoms with Gasteiger partial charge in [0.25, 0.3) is 11.5 Å². The molecule has 1 aromatic rings. The van der Waals surface area contributed by atoms with Gasteiger partial charge in [0.15, 0.2) is 0 Å². The Hall–Kier alpha value is -3.15. The highest BCUT2D eigenvalue weighted by Crippen LogP contribution is 2.12. The zero-order valence-corrected chi connectivity index (χ0v) is 20.3. The molecule has 0 saturated carbocycles. The lowest BCUT2D eigenvalue weighted by Crippen LogP contribution is -2.39. The molecule has 34 heavy (non-hydrogen) atoms. The van der Waals surface area contributed by atoms with Crippen LogP contribution in [0.4, 0.5) is 4.79 Å². The van der Waals surface area contributed by atoms with E-state index in [4.69, 9.17) is 15.9 Å². The van der Waals surface area contributed by atoms with Gasteiger partial charge in [0.1, 0.15) is 17.4 Å². The molecule has 1 aliphatic heterocycles. The first-order valence-corrected chi connectivity index (χ1v) is 11.7. The number of nitrogen functional groups attached to an aromatic ring is 1. The van der Waals surface area contributed by atoms with Gasteiger partial charge in [-0.1, -0.05) is 52.4 Å². The Bertz CT molecular complexity index is 941. The maximum Gasteiger partial charge on any atom is 0.331 e. The molecule has 0 spiro atoms. The van der Waals surface area contributed by atoms with E-state index in [0.717, 1.165) is 23.8 Å². The summed E-state index contributed by atoms with van der Waals surface area (Å²) < 4.78 is 5.98. The molecule has 12 heteroatoms. The van der Waals surface area contributed by atoms with E-state index in [9.17, 15) is 24.3 Å². The Morgan fingerprint density at radius 2 is 1.65 bits per heavy atom. The van der Waals surface area contributed by atoms with Crippen molar-refractivity contribution in [3.05, 3.63) is 26.4 Å². The first-order valence-electron chi connectivity index (χ1n) is 11.7. The van der Waals surface area contributed by atoms with E-state index in [1.807, 2.05) is 11.9 Å². The van der Waals surface area contributed by atoms with Crippen LogP contribution in [0.5, 0.6) is 5.88 Å². The minimum Gasteiger partial charge on any atom is -0.494 e. The summed E-state index contributed by atoms with van der Waals surface area (Å²) in [7, 11) is 1.54. The van der Waals surface area contributed by atoms with Gasteiger partial charge in [-0.15, -0.1) is 0 Å². The molecule has 0 radical (unpaired) electrons. The van der Waals surface area contributed by atoms with Gasteiger partial charge in [-0.3, -0.25) is 29.9 Å². The minimum atomic E-state index is -0.845. The number of nitrogens with zero attached hydrogens (tertiary/aromatic N) is 2. The SMILES string of the molecule is CCCCCCCCN1C(=O)NC(=O)C1COC.CCCCn1c(O)c(C(=N)N)c(=O)[nH]c1=O. The van der Waals surface area contributed by atoms with Gasteiger partial charge < -0.3 is 20.5 Å². The lowest BCUT2D eigenvalue weighted by Gasteiger charge is -2.20. The summed E-state index contributed by atoms with van der Waals surface area (Å²) >= 11 is 0. The van der Waals surface area contributed by atoms with Crippen molar-refractivity contribution in [2.45, 2.75) is 77.8 Å². The maximum absolute atomic E-state index is 11.6. The van der Waals surface area contributed by atoms with Gasteiger partial charge in [0.2, 0.25) is 5.88 Å². The summed E-state index contributed by atoms with van der Waals surface area (Å²) in [5.74, 6) is -1.36. The van der Waals surface area contributed by atoms with Crippen molar-refractivity contribution in [3.8, 4) is 5.88 Å². The molecule has 192 valence electrons. The fraction of sp³-hybridized carbons (Fsp3) is 0.682. The molecule has 6 N–H and O–H groups in total. The van der Waals surface area contributed by atoms with Crippen LogP contribution in [0.25, 0.3) is 0 Å². The number of amides is 3. The Labute approximate surface area is 199 Å². The van der Waals surface area contributed by atoms with Crippen LogP contribution >= 0.6 is 0 Å². The van der Waals surface area contributed by atoms with Crippen LogP contribution in [0.3, 0.4) is 0 Å². The number of rotatable bonds is 13. The van der Waals surface area contributed by atoms with E-state index in [0.29, 0.717) is 13.0 Å². The van der Waals surface area contributed by atoms with Crippen LogP contribution < -0.4 is 22.3 Å². The molecule has 0 aliphatic carbocycles. The van der Waals surface area contributed by atoms with Crippen molar-refractivity contribution < 1.29 is 19.4 Å². The van der Waals surface area contributed by atoms with E-state index in [-0.39, 0.29) is 30.7 Å². The molecule has 3 amide bonds. The lowest BCUT2D eigenvalue weighted by molar-refractivity contribution is -0.122. The van der Waals surface area contributed by atoms with E-state index in [2.05, 4.69) is 12.2 Å². The van der Waals surface area contributed by atoms with Gasteiger partial charge >= 0.3 is 11.7 Å². The number of nitrogens with two attached hydrogens (primary N) is 1. The molecular formula is C22H38N6O6. The summed E-state index contributed by atoms with van der Waals surface area (Å²) in [6.07, 6.45) is 8.53. The second-order valence-electron chi connectivity index (χ2n) is 8.10. The number of imide groups is 1. The Kier molecular flexibility index (Phi) is 12.6. The maximum atomic E-state index is 11.6. The lowest BCUT2D eigenvalue weighted by atomic mass is 10.1. The minimum absolute atomic E-state index is 0.243. The van der Waals surface area contributed by atoms with Crippen LogP contribution in [0.1, 0.15) is 70.8 Å². The number of urea groups is 1. The Balaban J connectivity index is 0.000000342. The molecule has 1 atom stereocenters. The number of carbonyl (C=O) groups excluding carboxylic acids is 2. The van der Waals surface area contributed by atoms with Gasteiger partial charge in [-0.25, -0.2) is 9.59 Å². The highest BCUT2D eigenvalue weighted by molar-refractivity contribution is 6.04.